The van der Waals surface area contributed by atoms with Crippen molar-refractivity contribution in [3.05, 3.63) is 11.9 Å². The van der Waals surface area contributed by atoms with Crippen LogP contribution in [0.15, 0.2) is 11.1 Å². The van der Waals surface area contributed by atoms with E-state index in [0.29, 0.717) is 5.69 Å². The number of aliphatic carboxylic acids is 1. The number of rotatable bonds is 7. The topological polar surface area (TPSA) is 121 Å². The number of hydrogen-bond donors (Lipinski definition) is 3. The van der Waals surface area contributed by atoms with Crippen molar-refractivity contribution in [2.24, 2.45) is 0 Å². The number of nitrogens with zero attached hydrogens (tertiary/aromatic N) is 1. The highest BCUT2D eigenvalue weighted by molar-refractivity contribution is 7.89. The van der Waals surface area contributed by atoms with Gasteiger partial charge in [0.05, 0.1) is 11.9 Å². The molecule has 0 aliphatic carbocycles. The van der Waals surface area contributed by atoms with Crippen LogP contribution < -0.4 is 4.72 Å². The van der Waals surface area contributed by atoms with Gasteiger partial charge in [0.15, 0.2) is 0 Å². The van der Waals surface area contributed by atoms with Gasteiger partial charge in [0.25, 0.3) is 0 Å². The van der Waals surface area contributed by atoms with Crippen molar-refractivity contribution in [2.45, 2.75) is 24.3 Å². The number of nitrogens with one attached hydrogen (secondary N) is 2. The monoisotopic (exact) mass is 277 g/mol. The van der Waals surface area contributed by atoms with E-state index in [0.717, 1.165) is 6.20 Å². The highest BCUT2D eigenvalue weighted by Gasteiger charge is 2.26. The van der Waals surface area contributed by atoms with Crippen molar-refractivity contribution >= 4 is 16.0 Å². The van der Waals surface area contributed by atoms with Crippen molar-refractivity contribution in [2.75, 3.05) is 13.7 Å². The first-order chi connectivity index (χ1) is 8.38. The molecule has 0 bridgehead atoms. The zero-order valence-corrected chi connectivity index (χ0v) is 10.8. The second-order valence-corrected chi connectivity index (χ2v) is 5.34. The molecule has 0 radical (unpaired) electrons. The number of carboxylic acid groups (broad SMARTS) is 1. The Morgan fingerprint density at radius 3 is 2.78 bits per heavy atom. The number of carboxylic acids is 1. The van der Waals surface area contributed by atoms with Crippen LogP contribution in [0.3, 0.4) is 0 Å². The molecule has 0 fully saturated rings. The van der Waals surface area contributed by atoms with Gasteiger partial charge in [-0.25, -0.2) is 8.42 Å². The van der Waals surface area contributed by atoms with Crippen molar-refractivity contribution in [3.8, 4) is 0 Å². The van der Waals surface area contributed by atoms with E-state index in [2.05, 4.69) is 14.9 Å². The summed E-state index contributed by atoms with van der Waals surface area (Å²) in [7, 11) is -2.49. The summed E-state index contributed by atoms with van der Waals surface area (Å²) in [4.78, 5) is 10.9. The fourth-order valence-corrected chi connectivity index (χ4v) is 2.69. The third kappa shape index (κ3) is 3.52. The van der Waals surface area contributed by atoms with E-state index < -0.39 is 22.0 Å². The van der Waals surface area contributed by atoms with Crippen molar-refractivity contribution in [1.29, 1.82) is 0 Å². The number of methoxy groups -OCH3 is 1. The van der Waals surface area contributed by atoms with Gasteiger partial charge in [0.1, 0.15) is 10.9 Å². The van der Waals surface area contributed by atoms with E-state index in [1.54, 1.807) is 0 Å². The molecule has 0 aromatic carbocycles. The molecule has 0 aliphatic rings. The van der Waals surface area contributed by atoms with Crippen molar-refractivity contribution < 1.29 is 23.1 Å². The predicted octanol–water partition coefficient (Wildman–Crippen LogP) is -0.514. The van der Waals surface area contributed by atoms with Crippen LogP contribution in [0.25, 0.3) is 0 Å². The largest absolute Gasteiger partial charge is 0.480 e. The second-order valence-electron chi connectivity index (χ2n) is 3.65. The first-order valence-electron chi connectivity index (χ1n) is 5.12. The lowest BCUT2D eigenvalue weighted by atomic mass is 10.2. The molecule has 0 amide bonds. The van der Waals surface area contributed by atoms with E-state index in [1.165, 1.54) is 14.0 Å². The fourth-order valence-electron chi connectivity index (χ4n) is 1.33. The summed E-state index contributed by atoms with van der Waals surface area (Å²) in [5.41, 5.74) is 0.346. The molecule has 8 nitrogen and oxygen atoms in total. The molecule has 1 aromatic heterocycles. The maximum absolute atomic E-state index is 11.9. The Kier molecular flexibility index (Phi) is 4.82. The van der Waals surface area contributed by atoms with Gasteiger partial charge in [0, 0.05) is 13.7 Å². The highest BCUT2D eigenvalue weighted by atomic mass is 32.2. The Bertz CT molecular complexity index is 510. The molecule has 0 saturated carbocycles. The summed E-state index contributed by atoms with van der Waals surface area (Å²) in [6, 6.07) is -1.23. The van der Waals surface area contributed by atoms with Gasteiger partial charge >= 0.3 is 5.97 Å². The minimum Gasteiger partial charge on any atom is -0.480 e. The number of hydrogen-bond acceptors (Lipinski definition) is 5. The van der Waals surface area contributed by atoms with Gasteiger partial charge in [-0.2, -0.15) is 9.82 Å². The van der Waals surface area contributed by atoms with Crippen LogP contribution in [0.4, 0.5) is 0 Å². The number of sulfonamides is 1. The van der Waals surface area contributed by atoms with Gasteiger partial charge in [-0.15, -0.1) is 0 Å². The van der Waals surface area contributed by atoms with Crippen LogP contribution in [0.1, 0.15) is 12.1 Å². The van der Waals surface area contributed by atoms with Crippen LogP contribution in [-0.2, 0) is 19.6 Å². The third-order valence-corrected chi connectivity index (χ3v) is 3.86. The molecule has 1 aromatic rings. The number of H-pyrrole nitrogens is 1. The van der Waals surface area contributed by atoms with Crippen LogP contribution in [-0.4, -0.2) is 49.4 Å². The number of aryl methyl sites for hydroxylation is 1. The Hall–Kier alpha value is -1.45. The maximum atomic E-state index is 11.9. The number of aromatic amines is 1. The Balaban J connectivity index is 2.86. The van der Waals surface area contributed by atoms with Crippen LogP contribution in [0.2, 0.25) is 0 Å². The van der Waals surface area contributed by atoms with Gasteiger partial charge in [0.2, 0.25) is 10.0 Å². The van der Waals surface area contributed by atoms with Gasteiger partial charge in [-0.05, 0) is 13.3 Å². The SMILES string of the molecule is COCCC(NS(=O)(=O)c1cn[nH]c1C)C(=O)O. The lowest BCUT2D eigenvalue weighted by Gasteiger charge is -2.13. The summed E-state index contributed by atoms with van der Waals surface area (Å²) < 4.78 is 30.7. The van der Waals surface area contributed by atoms with Crippen LogP contribution in [0, 0.1) is 6.92 Å². The second kappa shape index (κ2) is 5.94. The van der Waals surface area contributed by atoms with E-state index in [9.17, 15) is 13.2 Å². The molecule has 9 heteroatoms. The molecular formula is C9H15N3O5S. The molecule has 1 rings (SSSR count). The molecule has 0 saturated heterocycles. The Labute approximate surface area is 104 Å². The van der Waals surface area contributed by atoms with Gasteiger partial charge < -0.3 is 9.84 Å². The molecule has 18 heavy (non-hydrogen) atoms. The van der Waals surface area contributed by atoms with E-state index in [1.807, 2.05) is 0 Å². The van der Waals surface area contributed by atoms with Gasteiger partial charge in [-0.3, -0.25) is 9.89 Å². The Morgan fingerprint density at radius 1 is 1.67 bits per heavy atom. The Morgan fingerprint density at radius 2 is 2.33 bits per heavy atom. The van der Waals surface area contributed by atoms with Crippen LogP contribution >= 0.6 is 0 Å². The maximum Gasteiger partial charge on any atom is 0.321 e. The fraction of sp³-hybridized carbons (Fsp3) is 0.556. The zero-order chi connectivity index (χ0) is 13.8. The minimum atomic E-state index is -3.90. The minimum absolute atomic E-state index is 0.0436. The molecule has 1 unspecified atom stereocenters. The van der Waals surface area contributed by atoms with Gasteiger partial charge in [-0.1, -0.05) is 0 Å². The summed E-state index contributed by atoms with van der Waals surface area (Å²) in [5, 5.41) is 15.0. The molecule has 0 spiro atoms. The first-order valence-corrected chi connectivity index (χ1v) is 6.61. The number of aromatic nitrogens is 2. The molecule has 0 aliphatic heterocycles. The third-order valence-electron chi connectivity index (χ3n) is 2.28. The summed E-state index contributed by atoms with van der Waals surface area (Å²) >= 11 is 0. The molecule has 3 N–H and O–H groups in total. The lowest BCUT2D eigenvalue weighted by molar-refractivity contribution is -0.139. The summed E-state index contributed by atoms with van der Waals surface area (Å²) in [5.74, 6) is -1.25. The lowest BCUT2D eigenvalue weighted by Crippen LogP contribution is -2.41. The van der Waals surface area contributed by atoms with Crippen LogP contribution in [0.5, 0.6) is 0 Å². The molecule has 1 atom stereocenters. The van der Waals surface area contributed by atoms with Crippen molar-refractivity contribution in [3.63, 3.8) is 0 Å². The smallest absolute Gasteiger partial charge is 0.321 e. The number of carbonyl (C=O) groups is 1. The summed E-state index contributed by atoms with van der Waals surface area (Å²) in [6.07, 6.45) is 1.18. The average Bonchev–Trinajstić information content (AvgIpc) is 2.71. The standard InChI is InChI=1S/C9H15N3O5S/c1-6-8(5-10-11-6)18(15,16)12-7(9(13)14)3-4-17-2/h5,7,12H,3-4H2,1-2H3,(H,10,11)(H,13,14). The summed E-state index contributed by atoms with van der Waals surface area (Å²) in [6.45, 7) is 1.68. The van der Waals surface area contributed by atoms with E-state index in [-0.39, 0.29) is 17.9 Å². The molecule has 102 valence electrons. The predicted molar refractivity (Wildman–Crippen MR) is 61.6 cm³/mol. The zero-order valence-electron chi connectivity index (χ0n) is 10.0. The number of ether oxygens (including phenoxy) is 1. The van der Waals surface area contributed by atoms with E-state index in [4.69, 9.17) is 9.84 Å². The van der Waals surface area contributed by atoms with E-state index >= 15 is 0 Å². The molecule has 1 heterocycles. The highest BCUT2D eigenvalue weighted by Crippen LogP contribution is 2.12. The first kappa shape index (κ1) is 14.6. The molecular weight excluding hydrogens is 262 g/mol. The quantitative estimate of drug-likeness (QED) is 0.617. The average molecular weight is 277 g/mol. The normalized spacial score (nSPS) is 13.4. The van der Waals surface area contributed by atoms with Crippen molar-refractivity contribution in [1.82, 2.24) is 14.9 Å².